The monoisotopic (exact) mass is 887 g/mol. The molecule has 3 atom stereocenters. The molecule has 0 spiro atoms. The minimum atomic E-state index is -4.62. The average molecular weight is 887 g/mol. The van der Waals surface area contributed by atoms with Crippen molar-refractivity contribution in [1.29, 1.82) is 0 Å². The summed E-state index contributed by atoms with van der Waals surface area (Å²) in [6.07, 6.45) is 48.7. The first-order chi connectivity index (χ1) is 29.7. The van der Waals surface area contributed by atoms with Crippen LogP contribution in [0, 0.1) is 0 Å². The molecule has 0 aliphatic carbocycles. The third kappa shape index (κ3) is 46.3. The van der Waals surface area contributed by atoms with Crippen LogP contribution in [0.3, 0.4) is 0 Å². The molecule has 0 aromatic rings. The third-order valence-electron chi connectivity index (χ3n) is 11.1. The largest absolute Gasteiger partial charge is 0.472 e. The quantitative estimate of drug-likeness (QED) is 0.0233. The third-order valence-corrected chi connectivity index (χ3v) is 12.1. The standard InChI is InChI=1S/C50H95O10P/c1-3-5-7-9-11-13-15-17-19-20-21-22-23-24-25-26-28-29-31-33-35-37-39-41-49(53)57-45-48(46-59-61(55,56)58-44-47(52)43-51)60-50(54)42-40-38-36-34-32-30-27-18-16-14-12-10-8-6-4-2/h12,14,18,27,47-48,51-52H,3-11,13,15-17,19-26,28-46H2,1-2H3,(H,55,56)/b14-12+,27-18+/t47-,48+/m1/s1. The van der Waals surface area contributed by atoms with Crippen molar-refractivity contribution in [1.82, 2.24) is 0 Å². The maximum Gasteiger partial charge on any atom is 0.472 e. The molecule has 0 amide bonds. The van der Waals surface area contributed by atoms with Gasteiger partial charge >= 0.3 is 19.8 Å². The molecular weight excluding hydrogens is 792 g/mol. The van der Waals surface area contributed by atoms with Crippen LogP contribution in [0.2, 0.25) is 0 Å². The first-order valence-corrected chi connectivity index (χ1v) is 26.8. The van der Waals surface area contributed by atoms with Gasteiger partial charge in [0, 0.05) is 12.8 Å². The van der Waals surface area contributed by atoms with Crippen molar-refractivity contribution in [2.24, 2.45) is 0 Å². The van der Waals surface area contributed by atoms with Gasteiger partial charge in [0.15, 0.2) is 6.10 Å². The highest BCUT2D eigenvalue weighted by Crippen LogP contribution is 2.43. The number of ether oxygens (including phenoxy) is 2. The fourth-order valence-corrected chi connectivity index (χ4v) is 7.99. The van der Waals surface area contributed by atoms with Crippen molar-refractivity contribution in [3.8, 4) is 0 Å². The van der Waals surface area contributed by atoms with Crippen LogP contribution in [0.5, 0.6) is 0 Å². The molecule has 0 aliphatic rings. The Hall–Kier alpha value is -1.55. The predicted octanol–water partition coefficient (Wildman–Crippen LogP) is 14.1. The lowest BCUT2D eigenvalue weighted by molar-refractivity contribution is -0.161. The number of phosphoric ester groups is 1. The molecular formula is C50H95O10P. The number of hydrogen-bond acceptors (Lipinski definition) is 9. The second-order valence-electron chi connectivity index (χ2n) is 17.2. The molecule has 0 rings (SSSR count). The summed E-state index contributed by atoms with van der Waals surface area (Å²) >= 11 is 0. The van der Waals surface area contributed by atoms with Gasteiger partial charge in [0.05, 0.1) is 19.8 Å². The molecule has 0 heterocycles. The van der Waals surface area contributed by atoms with Crippen LogP contribution in [-0.4, -0.2) is 65.7 Å². The topological polar surface area (TPSA) is 149 Å². The Morgan fingerprint density at radius 2 is 0.852 bits per heavy atom. The number of rotatable bonds is 48. The highest BCUT2D eigenvalue weighted by Gasteiger charge is 2.27. The molecule has 1 unspecified atom stereocenters. The Kier molecular flexibility index (Phi) is 45.3. The van der Waals surface area contributed by atoms with E-state index in [-0.39, 0.29) is 19.4 Å². The summed E-state index contributed by atoms with van der Waals surface area (Å²) in [6.45, 7) is 2.38. The Bertz CT molecular complexity index is 1070. The number of allylic oxidation sites excluding steroid dienone is 4. The smallest absolute Gasteiger partial charge is 0.462 e. The molecule has 0 aromatic carbocycles. The maximum absolute atomic E-state index is 12.6. The van der Waals surface area contributed by atoms with Crippen molar-refractivity contribution in [2.45, 2.75) is 257 Å². The number of hydrogen-bond donors (Lipinski definition) is 3. The summed E-state index contributed by atoms with van der Waals surface area (Å²) < 4.78 is 32.8. The van der Waals surface area contributed by atoms with Gasteiger partial charge in [-0.15, -0.1) is 0 Å². The van der Waals surface area contributed by atoms with Gasteiger partial charge in [-0.1, -0.05) is 212 Å². The van der Waals surface area contributed by atoms with Gasteiger partial charge in [-0.2, -0.15) is 0 Å². The van der Waals surface area contributed by atoms with Gasteiger partial charge in [-0.3, -0.25) is 18.6 Å². The fraction of sp³-hybridized carbons (Fsp3) is 0.880. The van der Waals surface area contributed by atoms with Crippen LogP contribution in [-0.2, 0) is 32.7 Å². The van der Waals surface area contributed by atoms with Gasteiger partial charge < -0.3 is 24.6 Å². The number of carbonyl (C=O) groups excluding carboxylic acids is 2. The number of aliphatic hydroxyl groups excluding tert-OH is 2. The highest BCUT2D eigenvalue weighted by molar-refractivity contribution is 7.47. The van der Waals surface area contributed by atoms with Crippen LogP contribution < -0.4 is 0 Å². The van der Waals surface area contributed by atoms with E-state index in [1.54, 1.807) is 0 Å². The lowest BCUT2D eigenvalue weighted by Gasteiger charge is -2.20. The summed E-state index contributed by atoms with van der Waals surface area (Å²) in [6, 6.07) is 0. The van der Waals surface area contributed by atoms with Gasteiger partial charge in [-0.25, -0.2) is 4.57 Å². The Labute approximate surface area is 374 Å². The lowest BCUT2D eigenvalue weighted by atomic mass is 10.0. The molecule has 0 saturated carbocycles. The average Bonchev–Trinajstić information content (AvgIpc) is 3.25. The highest BCUT2D eigenvalue weighted by atomic mass is 31.2. The molecule has 0 fully saturated rings. The minimum Gasteiger partial charge on any atom is -0.462 e. The van der Waals surface area contributed by atoms with E-state index in [4.69, 9.17) is 23.6 Å². The molecule has 0 bridgehead atoms. The molecule has 10 nitrogen and oxygen atoms in total. The predicted molar refractivity (Wildman–Crippen MR) is 252 cm³/mol. The molecule has 360 valence electrons. The van der Waals surface area contributed by atoms with E-state index >= 15 is 0 Å². The van der Waals surface area contributed by atoms with E-state index in [9.17, 15) is 24.2 Å². The van der Waals surface area contributed by atoms with E-state index in [2.05, 4.69) is 38.2 Å². The maximum atomic E-state index is 12.6. The summed E-state index contributed by atoms with van der Waals surface area (Å²) in [5.74, 6) is -0.928. The van der Waals surface area contributed by atoms with Crippen molar-refractivity contribution >= 4 is 19.8 Å². The number of phosphoric acid groups is 1. The van der Waals surface area contributed by atoms with Crippen LogP contribution >= 0.6 is 7.82 Å². The Morgan fingerprint density at radius 3 is 1.30 bits per heavy atom. The molecule has 0 saturated heterocycles. The van der Waals surface area contributed by atoms with E-state index in [1.165, 1.54) is 141 Å². The molecule has 0 aliphatic heterocycles. The normalized spacial score (nSPS) is 13.9. The van der Waals surface area contributed by atoms with Crippen molar-refractivity contribution in [3.63, 3.8) is 0 Å². The van der Waals surface area contributed by atoms with Crippen molar-refractivity contribution < 1.29 is 47.8 Å². The first-order valence-electron chi connectivity index (χ1n) is 25.3. The SMILES string of the molecule is CCCCC/C=C/C/C=C/CCCCCCCC(=O)O[C@@H](COC(=O)CCCCCCCCCCCCCCCCCCCCCCCCC)COP(=O)(O)OC[C@H](O)CO. The van der Waals surface area contributed by atoms with Crippen LogP contribution in [0.15, 0.2) is 24.3 Å². The van der Waals surface area contributed by atoms with Gasteiger partial charge in [0.2, 0.25) is 0 Å². The Balaban J connectivity index is 4.12. The van der Waals surface area contributed by atoms with E-state index in [1.807, 2.05) is 0 Å². The van der Waals surface area contributed by atoms with Crippen molar-refractivity contribution in [3.05, 3.63) is 24.3 Å². The fourth-order valence-electron chi connectivity index (χ4n) is 7.20. The number of esters is 2. The molecule has 11 heteroatoms. The zero-order valence-corrected chi connectivity index (χ0v) is 40.3. The zero-order valence-electron chi connectivity index (χ0n) is 39.4. The lowest BCUT2D eigenvalue weighted by Crippen LogP contribution is -2.29. The summed E-state index contributed by atoms with van der Waals surface area (Å²) in [7, 11) is -4.62. The second kappa shape index (κ2) is 46.4. The van der Waals surface area contributed by atoms with Gasteiger partial charge in [-0.05, 0) is 44.9 Å². The molecule has 0 radical (unpaired) electrons. The number of aliphatic hydroxyl groups is 2. The second-order valence-corrected chi connectivity index (χ2v) is 18.7. The van der Waals surface area contributed by atoms with Crippen LogP contribution in [0.1, 0.15) is 245 Å². The van der Waals surface area contributed by atoms with E-state index < -0.39 is 51.8 Å². The Morgan fingerprint density at radius 1 is 0.492 bits per heavy atom. The van der Waals surface area contributed by atoms with E-state index in [0.29, 0.717) is 12.8 Å². The summed E-state index contributed by atoms with van der Waals surface area (Å²) in [5, 5.41) is 18.4. The number of carbonyl (C=O) groups is 2. The van der Waals surface area contributed by atoms with Gasteiger partial charge in [0.25, 0.3) is 0 Å². The summed E-state index contributed by atoms with van der Waals surface area (Å²) in [5.41, 5.74) is 0. The van der Waals surface area contributed by atoms with Gasteiger partial charge in [0.1, 0.15) is 12.7 Å². The molecule has 61 heavy (non-hydrogen) atoms. The van der Waals surface area contributed by atoms with Crippen LogP contribution in [0.4, 0.5) is 0 Å². The van der Waals surface area contributed by atoms with Crippen molar-refractivity contribution in [2.75, 3.05) is 26.4 Å². The summed E-state index contributed by atoms with van der Waals surface area (Å²) in [4.78, 5) is 35.1. The number of unbranched alkanes of at least 4 members (excludes halogenated alkanes) is 30. The first kappa shape index (κ1) is 59.5. The minimum absolute atomic E-state index is 0.171. The molecule has 0 aromatic heterocycles. The van der Waals surface area contributed by atoms with Crippen LogP contribution in [0.25, 0.3) is 0 Å². The van der Waals surface area contributed by atoms with E-state index in [0.717, 1.165) is 64.2 Å². The zero-order chi connectivity index (χ0) is 44.8. The molecule has 3 N–H and O–H groups in total.